The molecule has 1 atom stereocenters. The van der Waals surface area contributed by atoms with Crippen LogP contribution < -0.4 is 10.1 Å². The Morgan fingerprint density at radius 3 is 2.40 bits per heavy atom. The van der Waals surface area contributed by atoms with Gasteiger partial charge in [-0.3, -0.25) is 4.79 Å². The number of hydrogen-bond donors (Lipinski definition) is 2. The van der Waals surface area contributed by atoms with E-state index in [0.717, 1.165) is 5.56 Å². The quantitative estimate of drug-likeness (QED) is 0.685. The third kappa shape index (κ3) is 5.59. The molecule has 5 heteroatoms. The third-order valence-corrected chi connectivity index (χ3v) is 3.96. The van der Waals surface area contributed by atoms with Gasteiger partial charge >= 0.3 is 5.97 Å². The Morgan fingerprint density at radius 2 is 1.80 bits per heavy atom. The molecule has 0 saturated heterocycles. The van der Waals surface area contributed by atoms with Crippen molar-refractivity contribution in [1.82, 2.24) is 5.32 Å². The first-order valence-corrected chi connectivity index (χ1v) is 8.34. The van der Waals surface area contributed by atoms with E-state index in [1.807, 2.05) is 30.3 Å². The number of rotatable bonds is 9. The third-order valence-electron chi connectivity index (χ3n) is 3.96. The molecule has 0 saturated carbocycles. The summed E-state index contributed by atoms with van der Waals surface area (Å²) >= 11 is 0. The first-order valence-electron chi connectivity index (χ1n) is 8.34. The Balaban J connectivity index is 2.11. The van der Waals surface area contributed by atoms with Gasteiger partial charge < -0.3 is 19.9 Å². The van der Waals surface area contributed by atoms with Crippen LogP contribution in [0.2, 0.25) is 0 Å². The lowest BCUT2D eigenvalue weighted by Crippen LogP contribution is -2.40. The van der Waals surface area contributed by atoms with E-state index in [9.17, 15) is 9.90 Å². The van der Waals surface area contributed by atoms with Gasteiger partial charge in [-0.2, -0.15) is 0 Å². The predicted molar refractivity (Wildman–Crippen MR) is 96.3 cm³/mol. The Morgan fingerprint density at radius 1 is 1.12 bits per heavy atom. The summed E-state index contributed by atoms with van der Waals surface area (Å²) in [7, 11) is 1.58. The number of ether oxygens (including phenoxy) is 2. The molecule has 2 rings (SSSR count). The number of aliphatic hydroxyl groups is 1. The highest BCUT2D eigenvalue weighted by Crippen LogP contribution is 2.27. The van der Waals surface area contributed by atoms with Crippen molar-refractivity contribution >= 4 is 5.97 Å². The molecule has 2 aromatic carbocycles. The highest BCUT2D eigenvalue weighted by Gasteiger charge is 2.32. The van der Waals surface area contributed by atoms with Crippen LogP contribution in [0.4, 0.5) is 0 Å². The van der Waals surface area contributed by atoms with E-state index in [2.05, 4.69) is 5.32 Å². The van der Waals surface area contributed by atoms with Crippen LogP contribution >= 0.6 is 0 Å². The largest absolute Gasteiger partial charge is 0.497 e. The number of esters is 1. The number of methoxy groups -OCH3 is 1. The van der Waals surface area contributed by atoms with Crippen molar-refractivity contribution in [3.63, 3.8) is 0 Å². The summed E-state index contributed by atoms with van der Waals surface area (Å²) in [6.45, 7) is 2.86. The molecule has 0 aliphatic rings. The summed E-state index contributed by atoms with van der Waals surface area (Å²) < 4.78 is 10.2. The highest BCUT2D eigenvalue weighted by atomic mass is 16.5. The van der Waals surface area contributed by atoms with E-state index < -0.39 is 11.6 Å². The number of benzene rings is 2. The summed E-state index contributed by atoms with van der Waals surface area (Å²) in [4.78, 5) is 12.0. The fourth-order valence-electron chi connectivity index (χ4n) is 2.63. The summed E-state index contributed by atoms with van der Waals surface area (Å²) in [6, 6.07) is 17.0. The van der Waals surface area contributed by atoms with Gasteiger partial charge in [0.05, 0.1) is 20.1 Å². The number of hydrogen-bond acceptors (Lipinski definition) is 5. The molecular formula is C20H25NO4. The van der Waals surface area contributed by atoms with Gasteiger partial charge in [0.2, 0.25) is 0 Å². The summed E-state index contributed by atoms with van der Waals surface area (Å²) in [5, 5.41) is 14.3. The maximum Gasteiger partial charge on any atom is 0.309 e. The average molecular weight is 343 g/mol. The smallest absolute Gasteiger partial charge is 0.309 e. The highest BCUT2D eigenvalue weighted by molar-refractivity contribution is 5.71. The second kappa shape index (κ2) is 9.20. The first kappa shape index (κ1) is 19.0. The Bertz CT molecular complexity index is 657. The van der Waals surface area contributed by atoms with Crippen molar-refractivity contribution in [1.29, 1.82) is 0 Å². The molecule has 2 aromatic rings. The standard InChI is InChI=1S/C20H25NO4/c1-3-25-19(22)13-20(23,17-9-11-18(24-2)12-10-17)15-21-14-16-7-5-4-6-8-16/h4-12,21,23H,3,13-15H2,1-2H3. The van der Waals surface area contributed by atoms with Crippen molar-refractivity contribution in [2.45, 2.75) is 25.5 Å². The van der Waals surface area contributed by atoms with Crippen LogP contribution in [-0.2, 0) is 21.7 Å². The van der Waals surface area contributed by atoms with Crippen molar-refractivity contribution in [2.75, 3.05) is 20.3 Å². The summed E-state index contributed by atoms with van der Waals surface area (Å²) in [5.74, 6) is 0.266. The van der Waals surface area contributed by atoms with E-state index in [-0.39, 0.29) is 19.6 Å². The number of carbonyl (C=O) groups excluding carboxylic acids is 1. The molecule has 5 nitrogen and oxygen atoms in total. The molecule has 0 heterocycles. The molecule has 0 fully saturated rings. The number of nitrogens with one attached hydrogen (secondary N) is 1. The van der Waals surface area contributed by atoms with Gasteiger partial charge in [-0.1, -0.05) is 42.5 Å². The minimum Gasteiger partial charge on any atom is -0.497 e. The maximum atomic E-state index is 12.0. The topological polar surface area (TPSA) is 67.8 Å². The van der Waals surface area contributed by atoms with E-state index in [0.29, 0.717) is 17.9 Å². The van der Waals surface area contributed by atoms with E-state index in [4.69, 9.17) is 9.47 Å². The molecule has 2 N–H and O–H groups in total. The molecule has 25 heavy (non-hydrogen) atoms. The van der Waals surface area contributed by atoms with Crippen LogP contribution in [0.1, 0.15) is 24.5 Å². The zero-order valence-corrected chi connectivity index (χ0v) is 14.7. The van der Waals surface area contributed by atoms with Gasteiger partial charge in [0.15, 0.2) is 0 Å². The molecule has 134 valence electrons. The Hall–Kier alpha value is -2.37. The van der Waals surface area contributed by atoms with Gasteiger partial charge in [0.25, 0.3) is 0 Å². The van der Waals surface area contributed by atoms with Crippen LogP contribution in [0, 0.1) is 0 Å². The van der Waals surface area contributed by atoms with Gasteiger partial charge in [-0.25, -0.2) is 0 Å². The summed E-state index contributed by atoms with van der Waals surface area (Å²) in [6.07, 6.45) is -0.116. The Labute approximate surface area is 148 Å². The minimum absolute atomic E-state index is 0.116. The van der Waals surface area contributed by atoms with Gasteiger partial charge in [0, 0.05) is 13.1 Å². The van der Waals surface area contributed by atoms with Crippen LogP contribution in [0.5, 0.6) is 5.75 Å². The van der Waals surface area contributed by atoms with E-state index in [1.54, 1.807) is 38.3 Å². The van der Waals surface area contributed by atoms with E-state index >= 15 is 0 Å². The van der Waals surface area contributed by atoms with Crippen LogP contribution in [-0.4, -0.2) is 31.3 Å². The molecule has 1 unspecified atom stereocenters. The van der Waals surface area contributed by atoms with Crippen LogP contribution in [0.15, 0.2) is 54.6 Å². The average Bonchev–Trinajstić information content (AvgIpc) is 2.63. The lowest BCUT2D eigenvalue weighted by molar-refractivity contribution is -0.149. The van der Waals surface area contributed by atoms with Gasteiger partial charge in [-0.15, -0.1) is 0 Å². The molecule has 0 amide bonds. The van der Waals surface area contributed by atoms with Crippen molar-refractivity contribution in [3.05, 3.63) is 65.7 Å². The van der Waals surface area contributed by atoms with Gasteiger partial charge in [-0.05, 0) is 30.2 Å². The van der Waals surface area contributed by atoms with Crippen molar-refractivity contribution in [3.8, 4) is 5.75 Å². The second-order valence-corrected chi connectivity index (χ2v) is 5.83. The predicted octanol–water partition coefficient (Wildman–Crippen LogP) is 2.63. The first-order chi connectivity index (χ1) is 12.1. The molecule has 0 spiro atoms. The van der Waals surface area contributed by atoms with Crippen molar-refractivity contribution < 1.29 is 19.4 Å². The molecule has 0 bridgehead atoms. The normalized spacial score (nSPS) is 13.1. The molecule has 0 radical (unpaired) electrons. The number of carbonyl (C=O) groups is 1. The fraction of sp³-hybridized carbons (Fsp3) is 0.350. The molecule has 0 aliphatic heterocycles. The van der Waals surface area contributed by atoms with Gasteiger partial charge in [0.1, 0.15) is 11.4 Å². The zero-order valence-electron chi connectivity index (χ0n) is 14.7. The molecular weight excluding hydrogens is 318 g/mol. The van der Waals surface area contributed by atoms with Crippen LogP contribution in [0.3, 0.4) is 0 Å². The molecule has 0 aromatic heterocycles. The van der Waals surface area contributed by atoms with E-state index in [1.165, 1.54) is 0 Å². The summed E-state index contributed by atoms with van der Waals surface area (Å²) in [5.41, 5.74) is 0.394. The maximum absolute atomic E-state index is 12.0. The minimum atomic E-state index is -1.35. The lowest BCUT2D eigenvalue weighted by atomic mass is 9.90. The lowest BCUT2D eigenvalue weighted by Gasteiger charge is -2.28. The van der Waals surface area contributed by atoms with Crippen LogP contribution in [0.25, 0.3) is 0 Å². The Kier molecular flexibility index (Phi) is 6.98. The monoisotopic (exact) mass is 343 g/mol. The fourth-order valence-corrected chi connectivity index (χ4v) is 2.63. The second-order valence-electron chi connectivity index (χ2n) is 5.83. The zero-order chi connectivity index (χ0) is 18.1. The molecule has 0 aliphatic carbocycles. The SMILES string of the molecule is CCOC(=O)CC(O)(CNCc1ccccc1)c1ccc(OC)cc1. The van der Waals surface area contributed by atoms with Crippen molar-refractivity contribution in [2.24, 2.45) is 0 Å².